The Hall–Kier alpha value is -0.370. The predicted octanol–water partition coefficient (Wildman–Crippen LogP) is 10.7. The Bertz CT molecular complexity index is 111. The molecule has 0 heterocycles. The lowest BCUT2D eigenvalue weighted by molar-refractivity contribution is 0.405. The van der Waals surface area contributed by atoms with Crippen molar-refractivity contribution < 1.29 is 14.4 Å². The second kappa shape index (κ2) is 334. The van der Waals surface area contributed by atoms with Gasteiger partial charge in [0.25, 0.3) is 0 Å². The van der Waals surface area contributed by atoms with Gasteiger partial charge in [0.1, 0.15) is 0 Å². The normalized spacial score (nSPS) is 3.33. The molecule has 0 fully saturated rings. The highest BCUT2D eigenvalue weighted by Crippen LogP contribution is 1.98. The average molecular weight is 391 g/mol. The molecule has 3 nitrogen and oxygen atoms in total. The van der Waals surface area contributed by atoms with E-state index in [2.05, 4.69) is 6.58 Å². The van der Waals surface area contributed by atoms with Crippen molar-refractivity contribution in [3.8, 4) is 0 Å². The van der Waals surface area contributed by atoms with Gasteiger partial charge in [0, 0.05) is 0 Å². The van der Waals surface area contributed by atoms with Gasteiger partial charge in [0.2, 0.25) is 0 Å². The lowest BCUT2D eigenvalue weighted by Gasteiger charge is -1.61. The largest absolute Gasteiger partial charge is 0.326 e. The third-order valence-electron chi connectivity index (χ3n) is 0.329. The Labute approximate surface area is 166 Å². The van der Waals surface area contributed by atoms with Crippen LogP contribution in [0.5, 0.6) is 0 Å². The maximum absolute atomic E-state index is 8.74. The van der Waals surface area contributed by atoms with Crippen molar-refractivity contribution in [3.63, 3.8) is 0 Å². The Morgan fingerprint density at radius 2 is 0.750 bits per heavy atom. The topological polar surface area (TPSA) is 57.5 Å². The third-order valence-corrected chi connectivity index (χ3v) is 0.329. The van der Waals surface area contributed by atoms with E-state index >= 15 is 0 Å². The number of hydrogen-bond acceptors (Lipinski definition) is 1. The van der Waals surface area contributed by atoms with Gasteiger partial charge in [-0.1, -0.05) is 136 Å². The van der Waals surface area contributed by atoms with E-state index in [-0.39, 0.29) is 111 Å². The standard InChI is InChI=1S/C5H8.15CH4.H3O3P/c1-3-5-4-2;;;;;;;;;;;;;;;;1-4(2)3/h3-5H,1H2,2H3;15*1H4;4H,(H2,1,2,3). The molecule has 0 amide bonds. The number of rotatable bonds is 1. The molecule has 0 saturated carbocycles. The van der Waals surface area contributed by atoms with E-state index in [4.69, 9.17) is 14.4 Å². The maximum atomic E-state index is 8.74. The SMILES string of the molecule is C.C.C.C.C.C.C.C.C.C.C.C.C.C.C.C=CC=CC.O=[PH](O)O. The second-order valence-corrected chi connectivity index (χ2v) is 1.61. The van der Waals surface area contributed by atoms with Crippen LogP contribution in [0, 0.1) is 0 Å². The molecule has 0 aromatic carbocycles. The van der Waals surface area contributed by atoms with Crippen LogP contribution < -0.4 is 0 Å². The molecule has 24 heavy (non-hydrogen) atoms. The highest BCUT2D eigenvalue weighted by molar-refractivity contribution is 7.30. The summed E-state index contributed by atoms with van der Waals surface area (Å²) in [5, 5.41) is 0. The van der Waals surface area contributed by atoms with Gasteiger partial charge in [-0.2, -0.15) is 0 Å². The van der Waals surface area contributed by atoms with Gasteiger partial charge in [0.05, 0.1) is 0 Å². The first-order chi connectivity index (χ1) is 4.15. The molecule has 2 N–H and O–H groups in total. The van der Waals surface area contributed by atoms with Crippen molar-refractivity contribution in [2.45, 2.75) is 118 Å². The first-order valence-corrected chi connectivity index (χ1v) is 3.61. The molecule has 0 aliphatic carbocycles. The highest BCUT2D eigenvalue weighted by atomic mass is 31.1. The molecular weight excluding hydrogens is 319 g/mol. The van der Waals surface area contributed by atoms with Crippen LogP contribution in [0.25, 0.3) is 0 Å². The molecule has 0 aromatic rings. The molecule has 0 rings (SSSR count). The minimum atomic E-state index is -3.13. The monoisotopic (exact) mass is 391 g/mol. The summed E-state index contributed by atoms with van der Waals surface area (Å²) in [4.78, 5) is 14.3. The molecule has 0 unspecified atom stereocenters. The lowest BCUT2D eigenvalue weighted by Crippen LogP contribution is -1.38. The van der Waals surface area contributed by atoms with Gasteiger partial charge in [-0.25, -0.2) is 0 Å². The summed E-state index contributed by atoms with van der Waals surface area (Å²) in [7, 11) is -3.13. The zero-order chi connectivity index (χ0) is 7.70. The molecule has 0 radical (unpaired) electrons. The van der Waals surface area contributed by atoms with Crippen molar-refractivity contribution in [2.75, 3.05) is 0 Å². The molecule has 174 valence electrons. The first-order valence-electron chi connectivity index (χ1n) is 2.30. The fraction of sp³-hybridized carbons (Fsp3) is 0.800. The van der Waals surface area contributed by atoms with E-state index in [9.17, 15) is 0 Å². The third kappa shape index (κ3) is 3460. The molecule has 0 bridgehead atoms. The van der Waals surface area contributed by atoms with E-state index in [1.54, 1.807) is 6.08 Å². The summed E-state index contributed by atoms with van der Waals surface area (Å²) in [5.74, 6) is 0. The van der Waals surface area contributed by atoms with Crippen LogP contribution in [0.4, 0.5) is 0 Å². The maximum Gasteiger partial charge on any atom is 0.314 e. The number of allylic oxidation sites excluding steroid dienone is 3. The van der Waals surface area contributed by atoms with Crippen molar-refractivity contribution in [1.29, 1.82) is 0 Å². The fourth-order valence-electron chi connectivity index (χ4n) is 0.136. The van der Waals surface area contributed by atoms with E-state index in [1.165, 1.54) is 0 Å². The summed E-state index contributed by atoms with van der Waals surface area (Å²) in [6.07, 6.45) is 5.58. The molecule has 0 aliphatic heterocycles. The Balaban J connectivity index is -0.00000000168. The van der Waals surface area contributed by atoms with Crippen LogP contribution in [0.1, 0.15) is 118 Å². The molecule has 0 aliphatic rings. The van der Waals surface area contributed by atoms with Gasteiger partial charge < -0.3 is 9.79 Å². The van der Waals surface area contributed by atoms with Crippen molar-refractivity contribution >= 4 is 8.25 Å². The zero-order valence-electron chi connectivity index (χ0n) is 5.24. The van der Waals surface area contributed by atoms with Gasteiger partial charge >= 0.3 is 8.25 Å². The van der Waals surface area contributed by atoms with Gasteiger partial charge in [-0.3, -0.25) is 4.57 Å². The zero-order valence-corrected chi connectivity index (χ0v) is 6.24. The smallest absolute Gasteiger partial charge is 0.314 e. The van der Waals surface area contributed by atoms with Gasteiger partial charge in [-0.05, 0) is 6.92 Å². The number of hydrogen-bond donors (Lipinski definition) is 2. The van der Waals surface area contributed by atoms with Crippen molar-refractivity contribution in [3.05, 3.63) is 24.8 Å². The van der Waals surface area contributed by atoms with Crippen LogP contribution >= 0.6 is 8.25 Å². The van der Waals surface area contributed by atoms with E-state index in [0.717, 1.165) is 0 Å². The van der Waals surface area contributed by atoms with Crippen LogP contribution in [-0.2, 0) is 4.57 Å². The van der Waals surface area contributed by atoms with Crippen molar-refractivity contribution in [2.24, 2.45) is 0 Å². The summed E-state index contributed by atoms with van der Waals surface area (Å²) in [6.45, 7) is 5.42. The van der Waals surface area contributed by atoms with Crippen LogP contribution in [0.2, 0.25) is 0 Å². The van der Waals surface area contributed by atoms with Crippen LogP contribution in [0.3, 0.4) is 0 Å². The summed E-state index contributed by atoms with van der Waals surface area (Å²) in [6, 6.07) is 0. The van der Waals surface area contributed by atoms with Crippen LogP contribution in [0.15, 0.2) is 24.8 Å². The molecule has 0 spiro atoms. The molecule has 0 atom stereocenters. The lowest BCUT2D eigenvalue weighted by atomic mass is 10.5. The van der Waals surface area contributed by atoms with Crippen LogP contribution in [-0.4, -0.2) is 9.79 Å². The van der Waals surface area contributed by atoms with Gasteiger partial charge in [0.15, 0.2) is 0 Å². The van der Waals surface area contributed by atoms with E-state index in [1.807, 2.05) is 19.1 Å². The average Bonchev–Trinajstić information content (AvgIpc) is 1.66. The Morgan fingerprint density at radius 1 is 0.625 bits per heavy atom. The predicted molar refractivity (Wildman–Crippen MR) is 139 cm³/mol. The molecule has 4 heteroatoms. The Kier molecular flexibility index (Phi) is 3830. The summed E-state index contributed by atoms with van der Waals surface area (Å²) in [5.41, 5.74) is 0. The van der Waals surface area contributed by atoms with E-state index in [0.29, 0.717) is 0 Å². The summed E-state index contributed by atoms with van der Waals surface area (Å²) >= 11 is 0. The summed E-state index contributed by atoms with van der Waals surface area (Å²) < 4.78 is 8.74. The molecular formula is C20H71O3P. The van der Waals surface area contributed by atoms with E-state index < -0.39 is 8.25 Å². The highest BCUT2D eigenvalue weighted by Gasteiger charge is 1.61. The van der Waals surface area contributed by atoms with Crippen molar-refractivity contribution in [1.82, 2.24) is 0 Å². The Morgan fingerprint density at radius 3 is 0.750 bits per heavy atom. The minimum Gasteiger partial charge on any atom is -0.326 e. The molecule has 0 saturated heterocycles. The minimum absolute atomic E-state index is 0. The quantitative estimate of drug-likeness (QED) is 0.345. The van der Waals surface area contributed by atoms with Gasteiger partial charge in [-0.15, -0.1) is 0 Å². The molecule has 0 aromatic heterocycles. The second-order valence-electron chi connectivity index (χ2n) is 1.04. The fourth-order valence-corrected chi connectivity index (χ4v) is 0.136. The first kappa shape index (κ1) is 275.